The Morgan fingerprint density at radius 2 is 1.89 bits per heavy atom. The van der Waals surface area contributed by atoms with Crippen molar-refractivity contribution in [2.75, 3.05) is 20.5 Å². The standard InChI is InChI=1S/C34H33ClN4O7S/c1-17-14-22(40)27(31(42)34(17)32(43)28-23(44-3)16-24(45-4)29(35)30(28)46-34)21(19-9-11-20(47-5)12-10-19)15-26(41)36-18(2)33-38-37-25-8-6-7-13-39(25)33/h6-13,16-18,21,42H,14-15H2,1-5H3,(H,36,41)/t17-,18-,21?,34+/m1/s1. The number of thioether (sulfide) groups is 1. The van der Waals surface area contributed by atoms with Gasteiger partial charge in [0.05, 0.1) is 20.3 Å². The largest absolute Gasteiger partial charge is 0.507 e. The Bertz CT molecular complexity index is 1940. The number of allylic oxidation sites excluding steroid dienone is 1. The van der Waals surface area contributed by atoms with Crippen LogP contribution in [0, 0.1) is 5.92 Å². The molecule has 0 bridgehead atoms. The fourth-order valence-corrected chi connectivity index (χ4v) is 7.14. The van der Waals surface area contributed by atoms with Gasteiger partial charge in [-0.15, -0.1) is 22.0 Å². The van der Waals surface area contributed by atoms with E-state index in [4.69, 9.17) is 25.8 Å². The molecule has 4 atom stereocenters. The van der Waals surface area contributed by atoms with Gasteiger partial charge in [0, 0.05) is 47.4 Å². The number of aliphatic hydroxyl groups excluding tert-OH is 1. The van der Waals surface area contributed by atoms with Crippen LogP contribution in [0.2, 0.25) is 5.02 Å². The number of pyridine rings is 1. The summed E-state index contributed by atoms with van der Waals surface area (Å²) in [4.78, 5) is 42.9. The second kappa shape index (κ2) is 12.6. The predicted molar refractivity (Wildman–Crippen MR) is 176 cm³/mol. The fourth-order valence-electron chi connectivity index (χ4n) is 6.47. The number of amides is 1. The Morgan fingerprint density at radius 1 is 1.17 bits per heavy atom. The average molecular weight is 677 g/mol. The molecule has 2 N–H and O–H groups in total. The van der Waals surface area contributed by atoms with E-state index >= 15 is 0 Å². The van der Waals surface area contributed by atoms with Gasteiger partial charge < -0.3 is 24.6 Å². The van der Waals surface area contributed by atoms with Crippen molar-refractivity contribution in [1.82, 2.24) is 19.9 Å². The van der Waals surface area contributed by atoms with Crippen molar-refractivity contribution in [2.45, 2.75) is 49.1 Å². The van der Waals surface area contributed by atoms with Gasteiger partial charge in [-0.2, -0.15) is 0 Å². The Morgan fingerprint density at radius 3 is 2.57 bits per heavy atom. The Hall–Kier alpha value is -4.55. The second-order valence-electron chi connectivity index (χ2n) is 11.6. The molecular weight excluding hydrogens is 644 g/mol. The Labute approximate surface area is 280 Å². The zero-order valence-corrected chi connectivity index (χ0v) is 27.9. The third kappa shape index (κ3) is 5.29. The van der Waals surface area contributed by atoms with Gasteiger partial charge in [0.1, 0.15) is 22.1 Å². The molecule has 0 fully saturated rings. The summed E-state index contributed by atoms with van der Waals surface area (Å²) in [6.07, 6.45) is 3.41. The highest BCUT2D eigenvalue weighted by Crippen LogP contribution is 2.55. The minimum Gasteiger partial charge on any atom is -0.507 e. The SMILES string of the molecule is COc1cc(OC)c2c(c1Cl)O[C@]1(C2=O)C(O)=C(C(CC(=O)N[C@H](C)c2nnc3ccccn23)c2ccc(SC)cc2)C(=O)C[C@H]1C. The van der Waals surface area contributed by atoms with E-state index < -0.39 is 46.7 Å². The van der Waals surface area contributed by atoms with Crippen LogP contribution < -0.4 is 19.5 Å². The number of ketones is 2. The maximum atomic E-state index is 14.3. The topological polar surface area (TPSA) is 141 Å². The number of rotatable bonds is 9. The Kier molecular flexibility index (Phi) is 8.66. The number of Topliss-reactive ketones (excluding diaryl/α,β-unsaturated/α-hetero) is 2. The van der Waals surface area contributed by atoms with Crippen LogP contribution in [0.5, 0.6) is 17.2 Å². The highest BCUT2D eigenvalue weighted by molar-refractivity contribution is 7.98. The van der Waals surface area contributed by atoms with Gasteiger partial charge in [-0.3, -0.25) is 18.8 Å². The number of nitrogens with one attached hydrogen (secondary N) is 1. The lowest BCUT2D eigenvalue weighted by atomic mass is 9.69. The molecule has 244 valence electrons. The van der Waals surface area contributed by atoms with E-state index in [1.54, 1.807) is 36.2 Å². The highest BCUT2D eigenvalue weighted by atomic mass is 35.5. The van der Waals surface area contributed by atoms with E-state index in [1.165, 1.54) is 20.3 Å². The number of benzene rings is 2. The summed E-state index contributed by atoms with van der Waals surface area (Å²) >= 11 is 8.15. The molecule has 1 spiro atoms. The van der Waals surface area contributed by atoms with Crippen LogP contribution in [-0.2, 0) is 9.59 Å². The molecule has 0 radical (unpaired) electrons. The Balaban J connectivity index is 1.43. The monoisotopic (exact) mass is 676 g/mol. The zero-order chi connectivity index (χ0) is 33.6. The third-order valence-electron chi connectivity index (χ3n) is 8.87. The van der Waals surface area contributed by atoms with Crippen molar-refractivity contribution in [3.05, 3.63) is 88.0 Å². The number of methoxy groups -OCH3 is 2. The molecule has 11 nitrogen and oxygen atoms in total. The molecule has 1 aliphatic heterocycles. The van der Waals surface area contributed by atoms with E-state index in [9.17, 15) is 19.5 Å². The van der Waals surface area contributed by atoms with Gasteiger partial charge in [0.2, 0.25) is 17.3 Å². The number of ether oxygens (including phenoxy) is 3. The van der Waals surface area contributed by atoms with Crippen LogP contribution in [0.25, 0.3) is 5.65 Å². The van der Waals surface area contributed by atoms with E-state index in [2.05, 4.69) is 15.5 Å². The molecule has 13 heteroatoms. The molecule has 1 unspecified atom stereocenters. The van der Waals surface area contributed by atoms with E-state index in [1.807, 2.05) is 48.7 Å². The lowest BCUT2D eigenvalue weighted by Gasteiger charge is -2.38. The zero-order valence-electron chi connectivity index (χ0n) is 26.4. The maximum Gasteiger partial charge on any atom is 0.231 e. The van der Waals surface area contributed by atoms with Crippen molar-refractivity contribution in [1.29, 1.82) is 0 Å². The van der Waals surface area contributed by atoms with Crippen LogP contribution in [0.3, 0.4) is 0 Å². The van der Waals surface area contributed by atoms with Crippen molar-refractivity contribution < 1.29 is 33.7 Å². The first kappa shape index (κ1) is 32.4. The van der Waals surface area contributed by atoms with Gasteiger partial charge in [-0.25, -0.2) is 0 Å². The summed E-state index contributed by atoms with van der Waals surface area (Å²) in [5, 5.41) is 23.5. The van der Waals surface area contributed by atoms with E-state index in [0.29, 0.717) is 17.0 Å². The second-order valence-corrected chi connectivity index (χ2v) is 12.8. The molecule has 2 aliphatic rings. The molecule has 0 saturated carbocycles. The number of aliphatic hydroxyl groups is 1. The summed E-state index contributed by atoms with van der Waals surface area (Å²) in [6, 6.07) is 13.8. The number of carbonyl (C=O) groups excluding carboxylic acids is 3. The highest BCUT2D eigenvalue weighted by Gasteiger charge is 2.61. The first-order chi connectivity index (χ1) is 22.5. The molecule has 1 aliphatic carbocycles. The third-order valence-corrected chi connectivity index (χ3v) is 9.97. The summed E-state index contributed by atoms with van der Waals surface area (Å²) < 4.78 is 19.0. The number of hydrogen-bond donors (Lipinski definition) is 2. The van der Waals surface area contributed by atoms with Gasteiger partial charge >= 0.3 is 0 Å². The van der Waals surface area contributed by atoms with Gasteiger partial charge in [0.25, 0.3) is 0 Å². The van der Waals surface area contributed by atoms with Crippen LogP contribution in [-0.4, -0.2) is 63.3 Å². The smallest absolute Gasteiger partial charge is 0.231 e. The molecule has 47 heavy (non-hydrogen) atoms. The van der Waals surface area contributed by atoms with Crippen molar-refractivity contribution in [3.8, 4) is 17.2 Å². The molecule has 3 heterocycles. The molecular formula is C34H33ClN4O7S. The molecule has 2 aromatic carbocycles. The molecule has 1 amide bonds. The predicted octanol–water partition coefficient (Wildman–Crippen LogP) is 5.91. The normalized spacial score (nSPS) is 20.3. The molecule has 0 saturated heterocycles. The van der Waals surface area contributed by atoms with Crippen molar-refractivity contribution in [2.24, 2.45) is 5.92 Å². The average Bonchev–Trinajstić information content (AvgIpc) is 3.64. The lowest BCUT2D eigenvalue weighted by molar-refractivity contribution is -0.122. The van der Waals surface area contributed by atoms with Crippen LogP contribution in [0.4, 0.5) is 0 Å². The van der Waals surface area contributed by atoms with Crippen molar-refractivity contribution in [3.63, 3.8) is 0 Å². The number of carbonyl (C=O) groups is 3. The fraction of sp³-hybridized carbons (Fsp3) is 0.324. The van der Waals surface area contributed by atoms with Gasteiger partial charge in [0.15, 0.2) is 28.8 Å². The van der Waals surface area contributed by atoms with Crippen molar-refractivity contribution >= 4 is 46.5 Å². The number of nitrogens with zero attached hydrogens (tertiary/aromatic N) is 3. The first-order valence-electron chi connectivity index (χ1n) is 14.9. The summed E-state index contributed by atoms with van der Waals surface area (Å²) in [7, 11) is 2.81. The lowest BCUT2D eigenvalue weighted by Crippen LogP contribution is -2.53. The molecule has 6 rings (SSSR count). The molecule has 4 aromatic rings. The summed E-state index contributed by atoms with van der Waals surface area (Å²) in [5.41, 5.74) is -0.763. The number of hydrogen-bond acceptors (Lipinski definition) is 10. The molecule has 2 aromatic heterocycles. The van der Waals surface area contributed by atoms with Gasteiger partial charge in [-0.1, -0.05) is 36.7 Å². The minimum absolute atomic E-state index is 0.00654. The van der Waals surface area contributed by atoms with E-state index in [0.717, 1.165) is 4.90 Å². The summed E-state index contributed by atoms with van der Waals surface area (Å²) in [6.45, 7) is 3.45. The first-order valence-corrected chi connectivity index (χ1v) is 16.5. The number of halogens is 1. The maximum absolute atomic E-state index is 14.3. The van der Waals surface area contributed by atoms with E-state index in [-0.39, 0.29) is 46.2 Å². The van der Waals surface area contributed by atoms with Gasteiger partial charge in [-0.05, 0) is 43.0 Å². The number of fused-ring (bicyclic) bond motifs is 2. The minimum atomic E-state index is -1.98. The van der Waals surface area contributed by atoms with Crippen LogP contribution >= 0.6 is 23.4 Å². The number of aromatic nitrogens is 3. The quantitative estimate of drug-likeness (QED) is 0.206. The van der Waals surface area contributed by atoms with Crippen LogP contribution in [0.15, 0.2) is 71.0 Å². The summed E-state index contributed by atoms with van der Waals surface area (Å²) in [5.74, 6) is -2.76. The van der Waals surface area contributed by atoms with Crippen LogP contribution in [0.1, 0.15) is 60.4 Å².